The third kappa shape index (κ3) is 6.96. The minimum absolute atomic E-state index is 0.0458. The van der Waals surface area contributed by atoms with Gasteiger partial charge in [-0.3, -0.25) is 9.59 Å². The van der Waals surface area contributed by atoms with E-state index < -0.39 is 77.7 Å². The van der Waals surface area contributed by atoms with Crippen molar-refractivity contribution in [3.8, 4) is 0 Å². The zero-order chi connectivity index (χ0) is 31.7. The van der Waals surface area contributed by atoms with Crippen LogP contribution in [0.4, 0.5) is 4.79 Å². The lowest BCUT2D eigenvalue weighted by Gasteiger charge is -2.46. The number of nitrogens with zero attached hydrogens (tertiary/aromatic N) is 1. The van der Waals surface area contributed by atoms with Crippen molar-refractivity contribution in [1.29, 1.82) is 0 Å². The molecule has 0 aromatic heterocycles. The summed E-state index contributed by atoms with van der Waals surface area (Å²) in [4.78, 5) is 41.9. The van der Waals surface area contributed by atoms with Crippen LogP contribution in [0.5, 0.6) is 0 Å². The fourth-order valence-corrected chi connectivity index (χ4v) is 7.15. The molecular formula is C31H53NO10. The number of hydrogen-bond acceptors (Lipinski definition) is 11. The summed E-state index contributed by atoms with van der Waals surface area (Å²) in [5, 5.41) is 11.6. The topological polar surface area (TPSA) is 130 Å². The van der Waals surface area contributed by atoms with Gasteiger partial charge in [0.15, 0.2) is 18.0 Å². The summed E-state index contributed by atoms with van der Waals surface area (Å²) in [6.45, 7) is 14.2. The van der Waals surface area contributed by atoms with Crippen LogP contribution in [0.3, 0.4) is 0 Å². The van der Waals surface area contributed by atoms with Gasteiger partial charge in [0, 0.05) is 31.4 Å². The molecule has 3 rings (SSSR count). The van der Waals surface area contributed by atoms with E-state index >= 15 is 0 Å². The van der Waals surface area contributed by atoms with E-state index in [-0.39, 0.29) is 24.3 Å². The maximum absolute atomic E-state index is 13.9. The molecule has 0 aliphatic carbocycles. The van der Waals surface area contributed by atoms with Gasteiger partial charge in [-0.1, -0.05) is 27.7 Å². The van der Waals surface area contributed by atoms with Gasteiger partial charge in [0.25, 0.3) is 0 Å². The number of Topliss-reactive ketones (excluding diaryl/α,β-unsaturated/α-hetero) is 1. The number of ketones is 1. The van der Waals surface area contributed by atoms with E-state index in [1.54, 1.807) is 34.8 Å². The standard InChI is InChI=1S/C31H53NO10/c1-12-22-31(8)27(41-29(36)42-31)18(4)24(33)16(2)15-30(7,37-11)26(19(5)25(34)20(6)28(35)39-22)40-23-14-21(32(9)10)13-17(3)38-23/h16-23,25-27,34H,12-15H2,1-11H3/t16-,17?,18+,19?,20?,21?,22?,23?,25-,26-,27-,30-,31-/m1/s1. The Bertz CT molecular complexity index is 975. The fourth-order valence-electron chi connectivity index (χ4n) is 7.15. The van der Waals surface area contributed by atoms with Crippen molar-refractivity contribution >= 4 is 17.9 Å². The van der Waals surface area contributed by atoms with Crippen LogP contribution in [0.15, 0.2) is 0 Å². The van der Waals surface area contributed by atoms with E-state index in [1.807, 2.05) is 41.8 Å². The average molecular weight is 600 g/mol. The predicted molar refractivity (Wildman–Crippen MR) is 154 cm³/mol. The van der Waals surface area contributed by atoms with Crippen molar-refractivity contribution in [2.75, 3.05) is 21.2 Å². The van der Waals surface area contributed by atoms with E-state index in [0.29, 0.717) is 12.8 Å². The largest absolute Gasteiger partial charge is 0.509 e. The third-order valence-corrected chi connectivity index (χ3v) is 9.91. The Labute approximate surface area is 250 Å². The Balaban J connectivity index is 2.05. The Morgan fingerprint density at radius 2 is 1.64 bits per heavy atom. The number of ether oxygens (including phenoxy) is 6. The molecule has 0 bridgehead atoms. The van der Waals surface area contributed by atoms with Gasteiger partial charge < -0.3 is 38.4 Å². The van der Waals surface area contributed by atoms with E-state index in [0.717, 1.165) is 6.42 Å². The molecule has 0 spiro atoms. The smallest absolute Gasteiger partial charge is 0.458 e. The highest BCUT2D eigenvalue weighted by Gasteiger charge is 2.58. The van der Waals surface area contributed by atoms with Crippen LogP contribution in [0.25, 0.3) is 0 Å². The number of methoxy groups -OCH3 is 1. The van der Waals surface area contributed by atoms with Crippen molar-refractivity contribution in [3.05, 3.63) is 0 Å². The van der Waals surface area contributed by atoms with Crippen LogP contribution in [-0.4, -0.2) is 103 Å². The number of aliphatic hydroxyl groups is 1. The highest BCUT2D eigenvalue weighted by molar-refractivity contribution is 5.84. The first-order valence-electron chi connectivity index (χ1n) is 15.3. The van der Waals surface area contributed by atoms with Crippen molar-refractivity contribution in [1.82, 2.24) is 4.90 Å². The lowest BCUT2D eigenvalue weighted by Crippen LogP contribution is -2.57. The van der Waals surface area contributed by atoms with E-state index in [1.165, 1.54) is 0 Å². The summed E-state index contributed by atoms with van der Waals surface area (Å²) in [7, 11) is 5.60. The zero-order valence-electron chi connectivity index (χ0n) is 27.2. The van der Waals surface area contributed by atoms with E-state index in [9.17, 15) is 19.5 Å². The molecule has 0 saturated carbocycles. The van der Waals surface area contributed by atoms with Gasteiger partial charge in [0.2, 0.25) is 0 Å². The summed E-state index contributed by atoms with van der Waals surface area (Å²) >= 11 is 0. The highest BCUT2D eigenvalue weighted by Crippen LogP contribution is 2.42. The molecule has 11 nitrogen and oxygen atoms in total. The average Bonchev–Trinajstić information content (AvgIpc) is 3.25. The van der Waals surface area contributed by atoms with Gasteiger partial charge in [-0.15, -0.1) is 0 Å². The number of fused-ring (bicyclic) bond motifs is 1. The molecule has 0 amide bonds. The summed E-state index contributed by atoms with van der Waals surface area (Å²) < 4.78 is 36.0. The first-order chi connectivity index (χ1) is 19.5. The van der Waals surface area contributed by atoms with Gasteiger partial charge >= 0.3 is 12.1 Å². The molecule has 11 heteroatoms. The van der Waals surface area contributed by atoms with Crippen LogP contribution in [-0.2, 0) is 38.0 Å². The lowest BCUT2D eigenvalue weighted by atomic mass is 9.74. The molecule has 0 aromatic carbocycles. The molecule has 3 aliphatic rings. The molecule has 13 atom stereocenters. The fraction of sp³-hybridized carbons (Fsp3) is 0.903. The summed E-state index contributed by atoms with van der Waals surface area (Å²) in [6, 6.07) is 0.234. The number of hydrogen-bond donors (Lipinski definition) is 1. The molecular weight excluding hydrogens is 546 g/mol. The van der Waals surface area contributed by atoms with Crippen LogP contribution >= 0.6 is 0 Å². The van der Waals surface area contributed by atoms with Gasteiger partial charge in [-0.05, 0) is 61.1 Å². The maximum atomic E-state index is 13.9. The first kappa shape index (κ1) is 34.7. The van der Waals surface area contributed by atoms with Gasteiger partial charge in [0.05, 0.1) is 35.7 Å². The van der Waals surface area contributed by atoms with E-state index in [2.05, 4.69) is 4.90 Å². The van der Waals surface area contributed by atoms with Crippen molar-refractivity contribution in [2.45, 2.75) is 135 Å². The number of cyclic esters (lactones) is 1. The minimum atomic E-state index is -1.38. The SMILES string of the molecule is CCC1OC(=O)C(C)[C@H](O)C(C)[C@@H](OC2CC(N(C)C)CC(C)O2)[C@](C)(OC)C[C@@H](C)C(=O)[C@H](C)[C@H]2OC(=O)O[C@]12C. The first-order valence-corrected chi connectivity index (χ1v) is 15.3. The Morgan fingerprint density at radius 1 is 1.00 bits per heavy atom. The second-order valence-corrected chi connectivity index (χ2v) is 13.4. The second-order valence-electron chi connectivity index (χ2n) is 13.4. The molecule has 42 heavy (non-hydrogen) atoms. The number of carbonyl (C=O) groups is 3. The van der Waals surface area contributed by atoms with Crippen molar-refractivity contribution in [2.24, 2.45) is 23.7 Å². The van der Waals surface area contributed by atoms with Crippen molar-refractivity contribution in [3.63, 3.8) is 0 Å². The molecule has 0 aromatic rings. The number of rotatable bonds is 5. The summed E-state index contributed by atoms with van der Waals surface area (Å²) in [5.41, 5.74) is -2.44. The molecule has 242 valence electrons. The van der Waals surface area contributed by atoms with Crippen LogP contribution in [0.1, 0.15) is 81.1 Å². The second kappa shape index (κ2) is 13.5. The van der Waals surface area contributed by atoms with Crippen LogP contribution in [0.2, 0.25) is 0 Å². The molecule has 3 heterocycles. The monoisotopic (exact) mass is 599 g/mol. The molecule has 3 aliphatic heterocycles. The molecule has 6 unspecified atom stereocenters. The number of aliphatic hydroxyl groups excluding tert-OH is 1. The van der Waals surface area contributed by atoms with E-state index in [4.69, 9.17) is 28.4 Å². The Morgan fingerprint density at radius 3 is 2.21 bits per heavy atom. The van der Waals surface area contributed by atoms with Crippen molar-refractivity contribution < 1.29 is 47.9 Å². The normalized spacial score (nSPS) is 45.9. The van der Waals surface area contributed by atoms with Crippen LogP contribution < -0.4 is 0 Å². The minimum Gasteiger partial charge on any atom is -0.458 e. The predicted octanol–water partition coefficient (Wildman–Crippen LogP) is 3.73. The molecule has 3 fully saturated rings. The third-order valence-electron chi connectivity index (χ3n) is 9.91. The Hall–Kier alpha value is -1.79. The van der Waals surface area contributed by atoms with Crippen LogP contribution in [0, 0.1) is 23.7 Å². The Kier molecular flexibility index (Phi) is 11.1. The summed E-state index contributed by atoms with van der Waals surface area (Å²) in [6.07, 6.45) is -3.31. The van der Waals surface area contributed by atoms with Gasteiger partial charge in [-0.2, -0.15) is 0 Å². The molecule has 3 saturated heterocycles. The quantitative estimate of drug-likeness (QED) is 0.464. The number of esters is 1. The zero-order valence-corrected chi connectivity index (χ0v) is 27.2. The maximum Gasteiger partial charge on any atom is 0.509 e. The number of carbonyl (C=O) groups excluding carboxylic acids is 3. The highest BCUT2D eigenvalue weighted by atomic mass is 16.8. The van der Waals surface area contributed by atoms with Gasteiger partial charge in [0.1, 0.15) is 11.9 Å². The molecule has 1 N–H and O–H groups in total. The lowest BCUT2D eigenvalue weighted by molar-refractivity contribution is -0.270. The molecule has 0 radical (unpaired) electrons. The summed E-state index contributed by atoms with van der Waals surface area (Å²) in [5.74, 6) is -3.65. The van der Waals surface area contributed by atoms with Gasteiger partial charge in [-0.25, -0.2) is 4.79 Å².